The average molecular weight is 256 g/mol. The molecule has 0 saturated carbocycles. The van der Waals surface area contributed by atoms with Crippen molar-refractivity contribution in [2.75, 3.05) is 33.3 Å². The molecule has 4 heteroatoms. The van der Waals surface area contributed by atoms with Crippen molar-refractivity contribution < 1.29 is 9.53 Å². The van der Waals surface area contributed by atoms with Crippen molar-refractivity contribution in [1.29, 1.82) is 0 Å². The third-order valence-electron chi connectivity index (χ3n) is 3.64. The van der Waals surface area contributed by atoms with Gasteiger partial charge in [0.15, 0.2) is 0 Å². The van der Waals surface area contributed by atoms with E-state index in [2.05, 4.69) is 24.2 Å². The number of esters is 1. The second-order valence-electron chi connectivity index (χ2n) is 5.25. The average Bonchev–Trinajstić information content (AvgIpc) is 2.36. The Kier molecular flexibility index (Phi) is 7.28. The van der Waals surface area contributed by atoms with Crippen LogP contribution in [0.2, 0.25) is 0 Å². The Morgan fingerprint density at radius 2 is 2.06 bits per heavy atom. The van der Waals surface area contributed by atoms with Gasteiger partial charge >= 0.3 is 5.97 Å². The number of hydrogen-bond acceptors (Lipinski definition) is 4. The van der Waals surface area contributed by atoms with Crippen molar-refractivity contribution in [2.24, 2.45) is 5.92 Å². The molecule has 1 aliphatic heterocycles. The van der Waals surface area contributed by atoms with E-state index < -0.39 is 0 Å². The predicted molar refractivity (Wildman–Crippen MR) is 73.6 cm³/mol. The van der Waals surface area contributed by atoms with E-state index in [9.17, 15) is 4.79 Å². The van der Waals surface area contributed by atoms with E-state index in [0.717, 1.165) is 19.4 Å². The van der Waals surface area contributed by atoms with Gasteiger partial charge in [-0.25, -0.2) is 0 Å². The van der Waals surface area contributed by atoms with E-state index in [0.29, 0.717) is 12.5 Å². The largest absolute Gasteiger partial charge is 0.465 e. The minimum absolute atomic E-state index is 0.0905. The highest BCUT2D eigenvalue weighted by Gasteiger charge is 2.21. The zero-order valence-corrected chi connectivity index (χ0v) is 12.1. The van der Waals surface area contributed by atoms with Crippen LogP contribution in [0.1, 0.15) is 39.5 Å². The quantitative estimate of drug-likeness (QED) is 0.703. The third kappa shape index (κ3) is 5.36. The monoisotopic (exact) mass is 256 g/mol. The molecule has 0 aromatic carbocycles. The number of nitrogens with zero attached hydrogens (tertiary/aromatic N) is 1. The van der Waals surface area contributed by atoms with Crippen molar-refractivity contribution in [2.45, 2.75) is 45.6 Å². The highest BCUT2D eigenvalue weighted by molar-refractivity contribution is 5.75. The van der Waals surface area contributed by atoms with Crippen molar-refractivity contribution >= 4 is 5.97 Å². The Balaban J connectivity index is 2.30. The fourth-order valence-electron chi connectivity index (χ4n) is 2.41. The van der Waals surface area contributed by atoms with Gasteiger partial charge in [-0.15, -0.1) is 0 Å². The van der Waals surface area contributed by atoms with Crippen LogP contribution in [-0.2, 0) is 9.53 Å². The van der Waals surface area contributed by atoms with Crippen LogP contribution in [-0.4, -0.2) is 50.2 Å². The summed E-state index contributed by atoms with van der Waals surface area (Å²) in [5.41, 5.74) is 0. The molecule has 1 N–H and O–H groups in total. The van der Waals surface area contributed by atoms with Crippen LogP contribution in [0.4, 0.5) is 0 Å². The maximum absolute atomic E-state index is 11.8. The highest BCUT2D eigenvalue weighted by atomic mass is 16.5. The molecular formula is C14H28N2O2. The summed E-state index contributed by atoms with van der Waals surface area (Å²) in [4.78, 5) is 14.1. The van der Waals surface area contributed by atoms with Crippen LogP contribution in [0, 0.1) is 5.92 Å². The standard InChI is InChI=1S/C14H28N2O2/c1-4-6-13(14(17)18-5-2)15-11-12-7-9-16(3)10-8-12/h12-13,15H,4-11H2,1-3H3. The zero-order chi connectivity index (χ0) is 13.4. The summed E-state index contributed by atoms with van der Waals surface area (Å²) in [5.74, 6) is 0.613. The van der Waals surface area contributed by atoms with E-state index in [-0.39, 0.29) is 12.0 Å². The molecule has 1 saturated heterocycles. The SMILES string of the molecule is CCCC(NCC1CCN(C)CC1)C(=O)OCC. The molecule has 1 unspecified atom stereocenters. The number of rotatable bonds is 7. The summed E-state index contributed by atoms with van der Waals surface area (Å²) < 4.78 is 5.10. The van der Waals surface area contributed by atoms with E-state index in [1.165, 1.54) is 25.9 Å². The van der Waals surface area contributed by atoms with Crippen LogP contribution in [0.5, 0.6) is 0 Å². The fraction of sp³-hybridized carbons (Fsp3) is 0.929. The molecule has 0 aromatic heterocycles. The summed E-state index contributed by atoms with van der Waals surface area (Å²) in [7, 11) is 2.17. The number of nitrogens with one attached hydrogen (secondary N) is 1. The summed E-state index contributed by atoms with van der Waals surface area (Å²) in [6.07, 6.45) is 4.33. The zero-order valence-electron chi connectivity index (χ0n) is 12.1. The van der Waals surface area contributed by atoms with E-state index in [1.54, 1.807) is 0 Å². The van der Waals surface area contributed by atoms with Gasteiger partial charge in [0.2, 0.25) is 0 Å². The van der Waals surface area contributed by atoms with Crippen LogP contribution in [0.15, 0.2) is 0 Å². The molecule has 18 heavy (non-hydrogen) atoms. The molecule has 1 atom stereocenters. The Labute approximate surface area is 111 Å². The van der Waals surface area contributed by atoms with Gasteiger partial charge in [0.25, 0.3) is 0 Å². The number of piperidine rings is 1. The summed E-state index contributed by atoms with van der Waals surface area (Å²) in [6.45, 7) is 7.71. The van der Waals surface area contributed by atoms with Gasteiger partial charge in [-0.05, 0) is 58.8 Å². The summed E-state index contributed by atoms with van der Waals surface area (Å²) in [6, 6.07) is -0.116. The van der Waals surface area contributed by atoms with Crippen LogP contribution >= 0.6 is 0 Å². The van der Waals surface area contributed by atoms with Crippen LogP contribution in [0.25, 0.3) is 0 Å². The minimum Gasteiger partial charge on any atom is -0.465 e. The molecule has 0 aromatic rings. The van der Waals surface area contributed by atoms with Crippen molar-refractivity contribution in [3.63, 3.8) is 0 Å². The van der Waals surface area contributed by atoms with Crippen LogP contribution < -0.4 is 5.32 Å². The first kappa shape index (κ1) is 15.4. The van der Waals surface area contributed by atoms with E-state index >= 15 is 0 Å². The molecule has 1 fully saturated rings. The lowest BCUT2D eigenvalue weighted by Gasteiger charge is -2.30. The molecule has 4 nitrogen and oxygen atoms in total. The van der Waals surface area contributed by atoms with Crippen molar-refractivity contribution in [1.82, 2.24) is 10.2 Å². The second-order valence-corrected chi connectivity index (χ2v) is 5.25. The van der Waals surface area contributed by atoms with E-state index in [1.807, 2.05) is 6.92 Å². The molecule has 0 amide bonds. The molecular weight excluding hydrogens is 228 g/mol. The predicted octanol–water partition coefficient (Wildman–Crippen LogP) is 1.65. The van der Waals surface area contributed by atoms with Crippen molar-refractivity contribution in [3.05, 3.63) is 0 Å². The summed E-state index contributed by atoms with van der Waals surface area (Å²) >= 11 is 0. The lowest BCUT2D eigenvalue weighted by atomic mass is 9.96. The number of hydrogen-bond donors (Lipinski definition) is 1. The summed E-state index contributed by atoms with van der Waals surface area (Å²) in [5, 5.41) is 3.40. The van der Waals surface area contributed by atoms with E-state index in [4.69, 9.17) is 4.74 Å². The first-order chi connectivity index (χ1) is 8.67. The molecule has 0 aliphatic carbocycles. The molecule has 0 radical (unpaired) electrons. The number of carbonyl (C=O) groups is 1. The number of ether oxygens (including phenoxy) is 1. The van der Waals surface area contributed by atoms with Gasteiger partial charge < -0.3 is 15.0 Å². The van der Waals surface area contributed by atoms with Crippen LogP contribution in [0.3, 0.4) is 0 Å². The van der Waals surface area contributed by atoms with Gasteiger partial charge in [0, 0.05) is 0 Å². The molecule has 1 rings (SSSR count). The molecule has 106 valence electrons. The van der Waals surface area contributed by atoms with Crippen molar-refractivity contribution in [3.8, 4) is 0 Å². The first-order valence-corrected chi connectivity index (χ1v) is 7.25. The molecule has 1 heterocycles. The van der Waals surface area contributed by atoms with Gasteiger partial charge in [0.1, 0.15) is 6.04 Å². The lowest BCUT2D eigenvalue weighted by molar-refractivity contribution is -0.145. The third-order valence-corrected chi connectivity index (χ3v) is 3.64. The van der Waals surface area contributed by atoms with Gasteiger partial charge in [-0.3, -0.25) is 4.79 Å². The lowest BCUT2D eigenvalue weighted by Crippen LogP contribution is -2.42. The molecule has 0 bridgehead atoms. The van der Waals surface area contributed by atoms with Gasteiger partial charge in [-0.1, -0.05) is 13.3 Å². The number of likely N-dealkylation sites (tertiary alicyclic amines) is 1. The fourth-order valence-corrected chi connectivity index (χ4v) is 2.41. The minimum atomic E-state index is -0.116. The first-order valence-electron chi connectivity index (χ1n) is 7.25. The Bertz CT molecular complexity index is 238. The maximum Gasteiger partial charge on any atom is 0.323 e. The van der Waals surface area contributed by atoms with Gasteiger partial charge in [-0.2, -0.15) is 0 Å². The Morgan fingerprint density at radius 3 is 2.61 bits per heavy atom. The molecule has 0 spiro atoms. The number of carbonyl (C=O) groups excluding carboxylic acids is 1. The highest BCUT2D eigenvalue weighted by Crippen LogP contribution is 2.15. The topological polar surface area (TPSA) is 41.6 Å². The molecule has 1 aliphatic rings. The normalized spacial score (nSPS) is 19.7. The Hall–Kier alpha value is -0.610. The maximum atomic E-state index is 11.8. The van der Waals surface area contributed by atoms with Gasteiger partial charge in [0.05, 0.1) is 6.61 Å². The Morgan fingerprint density at radius 1 is 1.39 bits per heavy atom. The second kappa shape index (κ2) is 8.48. The smallest absolute Gasteiger partial charge is 0.323 e.